The summed E-state index contributed by atoms with van der Waals surface area (Å²) in [5.41, 5.74) is 6.89. The number of nitrogens with zero attached hydrogens (tertiary/aromatic N) is 4. The molecule has 0 radical (unpaired) electrons. The molecule has 3 rings (SSSR count). The molecule has 2 aromatic rings. The van der Waals surface area contributed by atoms with Gasteiger partial charge in [0.2, 0.25) is 5.95 Å². The zero-order valence-corrected chi connectivity index (χ0v) is 12.8. The van der Waals surface area contributed by atoms with Crippen molar-refractivity contribution in [2.45, 2.75) is 19.4 Å². The van der Waals surface area contributed by atoms with Crippen LogP contribution in [0.25, 0.3) is 11.5 Å². The van der Waals surface area contributed by atoms with Crippen molar-refractivity contribution in [3.63, 3.8) is 0 Å². The fourth-order valence-corrected chi connectivity index (χ4v) is 2.78. The normalized spacial score (nSPS) is 23.1. The van der Waals surface area contributed by atoms with Gasteiger partial charge in [0.25, 0.3) is 0 Å². The zero-order chi connectivity index (χ0) is 14.1. The topological polar surface area (TPSA) is 83.7 Å². The standard InChI is InChI=1S/C13H17BrN6/c1-8-4-6-20(7-10(8)15)13-17-12(18-19-13)11-9(14)3-2-5-16-11/h2-3,5,8,10H,4,6-7,15H2,1H3,(H,17,18,19). The van der Waals surface area contributed by atoms with E-state index in [1.54, 1.807) is 6.20 Å². The van der Waals surface area contributed by atoms with E-state index in [-0.39, 0.29) is 6.04 Å². The maximum Gasteiger partial charge on any atom is 0.245 e. The Hall–Kier alpha value is -1.47. The van der Waals surface area contributed by atoms with Crippen molar-refractivity contribution in [3.05, 3.63) is 22.8 Å². The molecule has 20 heavy (non-hydrogen) atoms. The van der Waals surface area contributed by atoms with Crippen molar-refractivity contribution in [1.29, 1.82) is 0 Å². The van der Waals surface area contributed by atoms with Gasteiger partial charge in [0.1, 0.15) is 5.69 Å². The molecule has 106 valence electrons. The Balaban J connectivity index is 1.82. The second-order valence-electron chi connectivity index (χ2n) is 5.19. The van der Waals surface area contributed by atoms with E-state index in [0.29, 0.717) is 17.7 Å². The highest BCUT2D eigenvalue weighted by molar-refractivity contribution is 9.10. The summed E-state index contributed by atoms with van der Waals surface area (Å²) < 4.78 is 0.895. The number of piperidine rings is 1. The SMILES string of the molecule is CC1CCN(c2n[nH]c(-c3ncccc3Br)n2)CC1N. The summed E-state index contributed by atoms with van der Waals surface area (Å²) in [6.07, 6.45) is 2.80. The van der Waals surface area contributed by atoms with E-state index in [4.69, 9.17) is 5.73 Å². The molecular formula is C13H17BrN6. The molecule has 3 N–H and O–H groups in total. The van der Waals surface area contributed by atoms with Crippen LogP contribution < -0.4 is 10.6 Å². The number of H-pyrrole nitrogens is 1. The molecule has 1 fully saturated rings. The number of rotatable bonds is 2. The molecule has 3 heterocycles. The number of hydrogen-bond acceptors (Lipinski definition) is 5. The summed E-state index contributed by atoms with van der Waals surface area (Å²) in [5, 5.41) is 7.24. The number of nitrogens with one attached hydrogen (secondary N) is 1. The lowest BCUT2D eigenvalue weighted by atomic mass is 9.95. The number of aromatic nitrogens is 4. The van der Waals surface area contributed by atoms with Gasteiger partial charge in [0, 0.05) is 29.8 Å². The second-order valence-corrected chi connectivity index (χ2v) is 6.05. The van der Waals surface area contributed by atoms with Crippen LogP contribution in [-0.2, 0) is 0 Å². The minimum absolute atomic E-state index is 0.173. The molecule has 0 aromatic carbocycles. The number of pyridine rings is 1. The molecule has 0 spiro atoms. The third-order valence-corrected chi connectivity index (χ3v) is 4.40. The second kappa shape index (κ2) is 5.49. The van der Waals surface area contributed by atoms with E-state index >= 15 is 0 Å². The average Bonchev–Trinajstić information content (AvgIpc) is 2.92. The van der Waals surface area contributed by atoms with Crippen LogP contribution in [0.3, 0.4) is 0 Å². The maximum absolute atomic E-state index is 6.12. The predicted molar refractivity (Wildman–Crippen MR) is 81.3 cm³/mol. The van der Waals surface area contributed by atoms with Crippen molar-refractivity contribution in [2.24, 2.45) is 11.7 Å². The van der Waals surface area contributed by atoms with E-state index in [2.05, 4.69) is 47.9 Å². The summed E-state index contributed by atoms with van der Waals surface area (Å²) in [6, 6.07) is 3.98. The first kappa shape index (κ1) is 13.5. The van der Waals surface area contributed by atoms with Gasteiger partial charge < -0.3 is 10.6 Å². The highest BCUT2D eigenvalue weighted by atomic mass is 79.9. The molecule has 0 amide bonds. The first-order valence-electron chi connectivity index (χ1n) is 6.69. The Morgan fingerprint density at radius 1 is 1.50 bits per heavy atom. The minimum atomic E-state index is 0.173. The van der Waals surface area contributed by atoms with Crippen LogP contribution in [0.15, 0.2) is 22.8 Å². The van der Waals surface area contributed by atoms with Gasteiger partial charge in [-0.15, -0.1) is 5.10 Å². The lowest BCUT2D eigenvalue weighted by molar-refractivity contribution is 0.376. The Labute approximate surface area is 125 Å². The van der Waals surface area contributed by atoms with Crippen molar-refractivity contribution < 1.29 is 0 Å². The summed E-state index contributed by atoms with van der Waals surface area (Å²) in [6.45, 7) is 3.92. The molecule has 2 aromatic heterocycles. The van der Waals surface area contributed by atoms with Crippen LogP contribution in [0.1, 0.15) is 13.3 Å². The molecule has 0 aliphatic carbocycles. The van der Waals surface area contributed by atoms with Crippen molar-refractivity contribution in [3.8, 4) is 11.5 Å². The largest absolute Gasteiger partial charge is 0.338 e. The van der Waals surface area contributed by atoms with Gasteiger partial charge >= 0.3 is 0 Å². The van der Waals surface area contributed by atoms with E-state index < -0.39 is 0 Å². The van der Waals surface area contributed by atoms with Gasteiger partial charge in [-0.1, -0.05) is 6.92 Å². The number of nitrogens with two attached hydrogens (primary N) is 1. The van der Waals surface area contributed by atoms with Crippen LogP contribution in [0.5, 0.6) is 0 Å². The third kappa shape index (κ3) is 2.55. The fraction of sp³-hybridized carbons (Fsp3) is 0.462. The molecule has 2 atom stereocenters. The number of anilines is 1. The average molecular weight is 337 g/mol. The monoisotopic (exact) mass is 336 g/mol. The van der Waals surface area contributed by atoms with Gasteiger partial charge in [-0.05, 0) is 40.4 Å². The molecule has 0 saturated carbocycles. The highest BCUT2D eigenvalue weighted by Crippen LogP contribution is 2.25. The van der Waals surface area contributed by atoms with Gasteiger partial charge in [-0.25, -0.2) is 0 Å². The zero-order valence-electron chi connectivity index (χ0n) is 11.3. The molecule has 1 saturated heterocycles. The Kier molecular flexibility index (Phi) is 3.71. The minimum Gasteiger partial charge on any atom is -0.338 e. The lowest BCUT2D eigenvalue weighted by Crippen LogP contribution is -2.48. The molecule has 6 nitrogen and oxygen atoms in total. The summed E-state index contributed by atoms with van der Waals surface area (Å²) in [4.78, 5) is 11.0. The van der Waals surface area contributed by atoms with Crippen molar-refractivity contribution in [1.82, 2.24) is 20.2 Å². The van der Waals surface area contributed by atoms with Crippen LogP contribution in [0.4, 0.5) is 5.95 Å². The van der Waals surface area contributed by atoms with Gasteiger partial charge in [0.05, 0.1) is 0 Å². The van der Waals surface area contributed by atoms with E-state index in [9.17, 15) is 0 Å². The van der Waals surface area contributed by atoms with E-state index in [1.807, 2.05) is 12.1 Å². The van der Waals surface area contributed by atoms with Gasteiger partial charge in [-0.3, -0.25) is 10.1 Å². The summed E-state index contributed by atoms with van der Waals surface area (Å²) in [7, 11) is 0. The molecule has 1 aliphatic heterocycles. The van der Waals surface area contributed by atoms with E-state index in [1.165, 1.54) is 0 Å². The molecule has 1 aliphatic rings. The fourth-order valence-electron chi connectivity index (χ4n) is 2.34. The smallest absolute Gasteiger partial charge is 0.245 e. The quantitative estimate of drug-likeness (QED) is 0.873. The van der Waals surface area contributed by atoms with Crippen LogP contribution in [-0.4, -0.2) is 39.3 Å². The first-order chi connectivity index (χ1) is 9.65. The summed E-state index contributed by atoms with van der Waals surface area (Å²) in [5.74, 6) is 1.91. The first-order valence-corrected chi connectivity index (χ1v) is 7.48. The Morgan fingerprint density at radius 3 is 3.10 bits per heavy atom. The lowest BCUT2D eigenvalue weighted by Gasteiger charge is -2.34. The van der Waals surface area contributed by atoms with Crippen molar-refractivity contribution in [2.75, 3.05) is 18.0 Å². The van der Waals surface area contributed by atoms with Crippen LogP contribution in [0.2, 0.25) is 0 Å². The van der Waals surface area contributed by atoms with Gasteiger partial charge in [0.15, 0.2) is 5.82 Å². The third-order valence-electron chi connectivity index (χ3n) is 3.76. The Bertz CT molecular complexity index is 598. The molecular weight excluding hydrogens is 320 g/mol. The molecule has 7 heteroatoms. The number of halogens is 1. The van der Waals surface area contributed by atoms with Crippen molar-refractivity contribution >= 4 is 21.9 Å². The highest BCUT2D eigenvalue weighted by Gasteiger charge is 2.25. The molecule has 0 bridgehead atoms. The Morgan fingerprint density at radius 2 is 2.35 bits per heavy atom. The number of aromatic amines is 1. The predicted octanol–water partition coefficient (Wildman–Crippen LogP) is 1.80. The van der Waals surface area contributed by atoms with E-state index in [0.717, 1.165) is 29.7 Å². The number of hydrogen-bond donors (Lipinski definition) is 2. The van der Waals surface area contributed by atoms with Crippen LogP contribution >= 0.6 is 15.9 Å². The molecule has 2 unspecified atom stereocenters. The summed E-state index contributed by atoms with van der Waals surface area (Å²) >= 11 is 3.47. The van der Waals surface area contributed by atoms with Gasteiger partial charge in [-0.2, -0.15) is 4.98 Å². The van der Waals surface area contributed by atoms with Crippen LogP contribution in [0, 0.1) is 5.92 Å². The maximum atomic E-state index is 6.12.